The monoisotopic (exact) mass is 348 g/mol. The molecule has 0 fully saturated rings. The lowest BCUT2D eigenvalue weighted by Gasteiger charge is -2.13. The van der Waals surface area contributed by atoms with Crippen molar-refractivity contribution in [1.29, 1.82) is 0 Å². The number of aromatic nitrogens is 2. The normalized spacial score (nSPS) is 11.2. The van der Waals surface area contributed by atoms with Gasteiger partial charge in [-0.3, -0.25) is 4.57 Å². The molecule has 3 rings (SSSR count). The molecule has 2 nitrogen and oxygen atoms in total. The van der Waals surface area contributed by atoms with Crippen LogP contribution in [0.4, 0.5) is 0 Å². The highest BCUT2D eigenvalue weighted by Crippen LogP contribution is 2.29. The molecule has 0 saturated heterocycles. The Morgan fingerprint density at radius 1 is 1.15 bits per heavy atom. The van der Waals surface area contributed by atoms with Crippen LogP contribution in [0.25, 0.3) is 16.7 Å². The molecule has 0 amide bonds. The summed E-state index contributed by atoms with van der Waals surface area (Å²) in [5.41, 5.74) is 5.61. The van der Waals surface area contributed by atoms with E-state index in [1.54, 1.807) is 0 Å². The predicted molar refractivity (Wildman–Crippen MR) is 87.8 cm³/mol. The Labute approximate surface area is 131 Å². The highest BCUT2D eigenvalue weighted by molar-refractivity contribution is 9.10. The van der Waals surface area contributed by atoms with Gasteiger partial charge in [-0.1, -0.05) is 34.1 Å². The van der Waals surface area contributed by atoms with Crippen LogP contribution in [-0.2, 0) is 5.88 Å². The third kappa shape index (κ3) is 2.05. The lowest BCUT2D eigenvalue weighted by molar-refractivity contribution is 0.968. The van der Waals surface area contributed by atoms with Crippen LogP contribution in [0.5, 0.6) is 0 Å². The molecular formula is C16H14BrClN2. The zero-order valence-electron chi connectivity index (χ0n) is 11.3. The van der Waals surface area contributed by atoms with Crippen LogP contribution in [0.2, 0.25) is 0 Å². The summed E-state index contributed by atoms with van der Waals surface area (Å²) in [5.74, 6) is 1.26. The van der Waals surface area contributed by atoms with Crippen LogP contribution in [0.15, 0.2) is 40.9 Å². The molecule has 3 aromatic rings. The average Bonchev–Trinajstić information content (AvgIpc) is 2.82. The second-order valence-electron chi connectivity index (χ2n) is 4.82. The molecule has 0 radical (unpaired) electrons. The largest absolute Gasteiger partial charge is 0.295 e. The van der Waals surface area contributed by atoms with E-state index in [2.05, 4.69) is 51.5 Å². The Morgan fingerprint density at radius 2 is 1.90 bits per heavy atom. The molecule has 0 aliphatic heterocycles. The van der Waals surface area contributed by atoms with Gasteiger partial charge in [0, 0.05) is 4.47 Å². The third-order valence-electron chi connectivity index (χ3n) is 3.55. The van der Waals surface area contributed by atoms with E-state index in [1.165, 1.54) is 11.1 Å². The maximum Gasteiger partial charge on any atom is 0.129 e. The summed E-state index contributed by atoms with van der Waals surface area (Å²) in [7, 11) is 0. The molecule has 0 spiro atoms. The minimum absolute atomic E-state index is 0.389. The van der Waals surface area contributed by atoms with Gasteiger partial charge >= 0.3 is 0 Å². The van der Waals surface area contributed by atoms with Crippen LogP contribution in [-0.4, -0.2) is 9.55 Å². The van der Waals surface area contributed by atoms with E-state index in [1.807, 2.05) is 24.3 Å². The van der Waals surface area contributed by atoms with E-state index in [0.717, 1.165) is 27.0 Å². The molecular weight excluding hydrogens is 336 g/mol. The standard InChI is InChI=1S/C16H14BrClN2/c1-10-5-3-7-13-16(10)20(15(9-18)19-13)14-8-4-6-12(17)11(14)2/h3-8H,9H2,1-2H3. The van der Waals surface area contributed by atoms with Gasteiger partial charge in [-0.25, -0.2) is 4.98 Å². The van der Waals surface area contributed by atoms with Crippen molar-refractivity contribution >= 4 is 38.6 Å². The van der Waals surface area contributed by atoms with Gasteiger partial charge in [0.05, 0.1) is 22.6 Å². The molecule has 1 aromatic heterocycles. The first-order chi connectivity index (χ1) is 9.63. The second kappa shape index (κ2) is 5.23. The van der Waals surface area contributed by atoms with E-state index in [4.69, 9.17) is 11.6 Å². The van der Waals surface area contributed by atoms with Crippen molar-refractivity contribution in [2.45, 2.75) is 19.7 Å². The smallest absolute Gasteiger partial charge is 0.129 e. The minimum atomic E-state index is 0.389. The zero-order chi connectivity index (χ0) is 14.3. The predicted octanol–water partition coefficient (Wildman–Crippen LogP) is 5.14. The Hall–Kier alpha value is -1.32. The number of fused-ring (bicyclic) bond motifs is 1. The van der Waals surface area contributed by atoms with Crippen molar-refractivity contribution in [3.05, 3.63) is 57.8 Å². The maximum absolute atomic E-state index is 6.10. The number of halogens is 2. The van der Waals surface area contributed by atoms with Gasteiger partial charge in [0.25, 0.3) is 0 Å². The Kier molecular flexibility index (Phi) is 3.57. The molecule has 1 heterocycles. The minimum Gasteiger partial charge on any atom is -0.295 e. The zero-order valence-corrected chi connectivity index (χ0v) is 13.7. The lowest BCUT2D eigenvalue weighted by Crippen LogP contribution is -2.02. The van der Waals surface area contributed by atoms with E-state index in [-0.39, 0.29) is 0 Å². The van der Waals surface area contributed by atoms with Crippen molar-refractivity contribution < 1.29 is 0 Å². The number of imidazole rings is 1. The number of hydrogen-bond acceptors (Lipinski definition) is 1. The van der Waals surface area contributed by atoms with Gasteiger partial charge in [0.15, 0.2) is 0 Å². The molecule has 102 valence electrons. The highest BCUT2D eigenvalue weighted by Gasteiger charge is 2.15. The molecule has 0 bridgehead atoms. The summed E-state index contributed by atoms with van der Waals surface area (Å²) in [6, 6.07) is 12.3. The van der Waals surface area contributed by atoms with Crippen molar-refractivity contribution in [2.24, 2.45) is 0 Å². The summed E-state index contributed by atoms with van der Waals surface area (Å²) in [4.78, 5) is 4.65. The Balaban J connectivity index is 2.43. The van der Waals surface area contributed by atoms with Crippen molar-refractivity contribution in [2.75, 3.05) is 0 Å². The van der Waals surface area contributed by atoms with E-state index in [0.29, 0.717) is 5.88 Å². The number of rotatable bonds is 2. The Bertz CT molecular complexity index is 793. The summed E-state index contributed by atoms with van der Waals surface area (Å²) >= 11 is 9.70. The molecule has 2 aromatic carbocycles. The number of para-hydroxylation sites is 1. The van der Waals surface area contributed by atoms with E-state index in [9.17, 15) is 0 Å². The summed E-state index contributed by atoms with van der Waals surface area (Å²) in [5, 5.41) is 0. The summed E-state index contributed by atoms with van der Waals surface area (Å²) < 4.78 is 3.25. The van der Waals surface area contributed by atoms with E-state index >= 15 is 0 Å². The third-order valence-corrected chi connectivity index (χ3v) is 4.65. The average molecular weight is 350 g/mol. The number of aryl methyl sites for hydroxylation is 1. The van der Waals surface area contributed by atoms with Crippen LogP contribution >= 0.6 is 27.5 Å². The van der Waals surface area contributed by atoms with Gasteiger partial charge in [-0.2, -0.15) is 0 Å². The second-order valence-corrected chi connectivity index (χ2v) is 5.95. The first-order valence-corrected chi connectivity index (χ1v) is 7.74. The molecule has 0 aliphatic carbocycles. The fourth-order valence-electron chi connectivity index (χ4n) is 2.53. The number of benzene rings is 2. The van der Waals surface area contributed by atoms with Gasteiger partial charge in [0.2, 0.25) is 0 Å². The van der Waals surface area contributed by atoms with Crippen LogP contribution in [0.3, 0.4) is 0 Å². The quantitative estimate of drug-likeness (QED) is 0.585. The topological polar surface area (TPSA) is 17.8 Å². The SMILES string of the molecule is Cc1c(Br)cccc1-n1c(CCl)nc2cccc(C)c21. The van der Waals surface area contributed by atoms with Crippen LogP contribution in [0.1, 0.15) is 17.0 Å². The maximum atomic E-state index is 6.10. The molecule has 0 unspecified atom stereocenters. The fraction of sp³-hybridized carbons (Fsp3) is 0.188. The van der Waals surface area contributed by atoms with Crippen molar-refractivity contribution in [1.82, 2.24) is 9.55 Å². The van der Waals surface area contributed by atoms with Gasteiger partial charge in [-0.15, -0.1) is 11.6 Å². The van der Waals surface area contributed by atoms with Gasteiger partial charge in [-0.05, 0) is 43.2 Å². The summed E-state index contributed by atoms with van der Waals surface area (Å²) in [6.07, 6.45) is 0. The molecule has 4 heteroatoms. The fourth-order valence-corrected chi connectivity index (χ4v) is 3.07. The van der Waals surface area contributed by atoms with Crippen molar-refractivity contribution in [3.8, 4) is 5.69 Å². The summed E-state index contributed by atoms with van der Waals surface area (Å²) in [6.45, 7) is 4.20. The number of hydrogen-bond donors (Lipinski definition) is 0. The molecule has 0 saturated carbocycles. The molecule has 0 aliphatic rings. The van der Waals surface area contributed by atoms with Crippen LogP contribution in [0, 0.1) is 13.8 Å². The molecule has 20 heavy (non-hydrogen) atoms. The first-order valence-electron chi connectivity index (χ1n) is 6.42. The number of alkyl halides is 1. The lowest BCUT2D eigenvalue weighted by atomic mass is 10.1. The van der Waals surface area contributed by atoms with Crippen molar-refractivity contribution in [3.63, 3.8) is 0 Å². The first kappa shape index (κ1) is 13.7. The number of nitrogens with zero attached hydrogens (tertiary/aromatic N) is 2. The Morgan fingerprint density at radius 3 is 2.65 bits per heavy atom. The van der Waals surface area contributed by atoms with E-state index < -0.39 is 0 Å². The van der Waals surface area contributed by atoms with Gasteiger partial charge in [0.1, 0.15) is 5.82 Å². The highest BCUT2D eigenvalue weighted by atomic mass is 79.9. The van der Waals surface area contributed by atoms with Gasteiger partial charge < -0.3 is 0 Å². The molecule has 0 atom stereocenters. The van der Waals surface area contributed by atoms with Crippen LogP contribution < -0.4 is 0 Å². The molecule has 0 N–H and O–H groups in total.